The lowest BCUT2D eigenvalue weighted by atomic mass is 9.95. The van der Waals surface area contributed by atoms with Gasteiger partial charge in [0, 0.05) is 10.9 Å². The number of benzene rings is 1. The average Bonchev–Trinajstić information content (AvgIpc) is 2.86. The second kappa shape index (κ2) is 5.97. The molecule has 1 unspecified atom stereocenters. The van der Waals surface area contributed by atoms with Crippen molar-refractivity contribution in [3.63, 3.8) is 0 Å². The molecule has 2 N–H and O–H groups in total. The van der Waals surface area contributed by atoms with Crippen molar-refractivity contribution < 1.29 is 14.3 Å². The normalized spacial score (nSPS) is 19.0. The number of amides is 1. The minimum atomic E-state index is -1.24. The third-order valence-electron chi connectivity index (χ3n) is 4.36. The lowest BCUT2D eigenvalue weighted by molar-refractivity contribution is -0.141. The summed E-state index contributed by atoms with van der Waals surface area (Å²) in [4.78, 5) is 12.4. The number of aryl methyl sites for hydroxylation is 1. The van der Waals surface area contributed by atoms with Crippen LogP contribution in [0, 0.1) is 6.92 Å². The molecule has 4 nitrogen and oxygen atoms in total. The Kier molecular flexibility index (Phi) is 4.19. The molecule has 1 atom stereocenters. The van der Waals surface area contributed by atoms with Gasteiger partial charge in [0.05, 0.1) is 6.04 Å². The number of thioether (sulfide) groups is 1. The molecule has 118 valence electrons. The van der Waals surface area contributed by atoms with E-state index in [1.165, 1.54) is 0 Å². The van der Waals surface area contributed by atoms with Gasteiger partial charge in [-0.3, -0.25) is 4.79 Å². The van der Waals surface area contributed by atoms with Gasteiger partial charge in [0.2, 0.25) is 0 Å². The number of nitrogens with one attached hydrogen (secondary N) is 1. The maximum atomic E-state index is 12.4. The fourth-order valence-corrected chi connectivity index (χ4v) is 4.11. The molecule has 1 fully saturated rings. The van der Waals surface area contributed by atoms with Crippen LogP contribution in [0.3, 0.4) is 0 Å². The highest BCUT2D eigenvalue weighted by Crippen LogP contribution is 2.31. The number of hydrogen-bond donors (Lipinski definition) is 2. The molecule has 1 amide bonds. The molecule has 0 bridgehead atoms. The minimum Gasteiger partial charge on any atom is -0.459 e. The summed E-state index contributed by atoms with van der Waals surface area (Å²) >= 11 is 1.78. The van der Waals surface area contributed by atoms with E-state index in [0.717, 1.165) is 33.8 Å². The fourth-order valence-electron chi connectivity index (χ4n) is 2.94. The molecule has 1 aliphatic rings. The molecule has 0 aliphatic carbocycles. The maximum absolute atomic E-state index is 12.4. The maximum Gasteiger partial charge on any atom is 0.252 e. The van der Waals surface area contributed by atoms with Gasteiger partial charge in [-0.1, -0.05) is 18.2 Å². The molecule has 5 heteroatoms. The Morgan fingerprint density at radius 3 is 2.73 bits per heavy atom. The van der Waals surface area contributed by atoms with Crippen molar-refractivity contribution in [1.29, 1.82) is 0 Å². The first-order chi connectivity index (χ1) is 10.5. The van der Waals surface area contributed by atoms with Crippen molar-refractivity contribution in [2.24, 2.45) is 0 Å². The van der Waals surface area contributed by atoms with E-state index in [4.69, 9.17) is 4.42 Å². The Morgan fingerprint density at radius 1 is 1.36 bits per heavy atom. The van der Waals surface area contributed by atoms with Gasteiger partial charge in [-0.15, -0.1) is 0 Å². The first kappa shape index (κ1) is 15.4. The second-order valence-corrected chi connectivity index (χ2v) is 7.15. The van der Waals surface area contributed by atoms with Gasteiger partial charge in [-0.2, -0.15) is 11.8 Å². The van der Waals surface area contributed by atoms with Crippen LogP contribution < -0.4 is 5.32 Å². The Balaban J connectivity index is 1.79. The number of carbonyl (C=O) groups is 1. The third kappa shape index (κ3) is 2.75. The molecule has 1 saturated heterocycles. The van der Waals surface area contributed by atoms with Crippen LogP contribution in [0.15, 0.2) is 28.7 Å². The summed E-state index contributed by atoms with van der Waals surface area (Å²) in [5, 5.41) is 14.5. The number of aliphatic hydroxyl groups is 1. The minimum absolute atomic E-state index is 0.265. The van der Waals surface area contributed by atoms with Crippen LogP contribution in [-0.4, -0.2) is 28.1 Å². The molecule has 2 heterocycles. The zero-order valence-electron chi connectivity index (χ0n) is 12.9. The quantitative estimate of drug-likeness (QED) is 0.912. The number of carbonyl (C=O) groups excluding carboxylic acids is 1. The molecule has 0 spiro atoms. The van der Waals surface area contributed by atoms with E-state index in [-0.39, 0.29) is 11.9 Å². The lowest BCUT2D eigenvalue weighted by Crippen LogP contribution is -2.49. The highest BCUT2D eigenvalue weighted by Gasteiger charge is 2.38. The van der Waals surface area contributed by atoms with E-state index in [1.54, 1.807) is 11.8 Å². The second-order valence-electron chi connectivity index (χ2n) is 5.93. The summed E-state index contributed by atoms with van der Waals surface area (Å²) in [5.41, 5.74) is 0.623. The van der Waals surface area contributed by atoms with Crippen molar-refractivity contribution >= 4 is 28.6 Å². The Bertz CT molecular complexity index is 688. The van der Waals surface area contributed by atoms with Crippen LogP contribution in [0.5, 0.6) is 0 Å². The fraction of sp³-hybridized carbons (Fsp3) is 0.471. The summed E-state index contributed by atoms with van der Waals surface area (Å²) in [5.74, 6) is 2.10. The number of rotatable bonds is 3. The number of hydrogen-bond acceptors (Lipinski definition) is 4. The summed E-state index contributed by atoms with van der Waals surface area (Å²) < 4.78 is 5.88. The lowest BCUT2D eigenvalue weighted by Gasteiger charge is -2.31. The van der Waals surface area contributed by atoms with Crippen molar-refractivity contribution in [3.8, 4) is 0 Å². The number of para-hydroxylation sites is 1. The topological polar surface area (TPSA) is 62.5 Å². The van der Waals surface area contributed by atoms with Crippen molar-refractivity contribution in [3.05, 3.63) is 35.6 Å². The van der Waals surface area contributed by atoms with Gasteiger partial charge in [0.15, 0.2) is 0 Å². The smallest absolute Gasteiger partial charge is 0.252 e. The van der Waals surface area contributed by atoms with Crippen LogP contribution >= 0.6 is 11.8 Å². The molecule has 1 aromatic heterocycles. The summed E-state index contributed by atoms with van der Waals surface area (Å²) in [6.45, 7) is 3.89. The summed E-state index contributed by atoms with van der Waals surface area (Å²) in [7, 11) is 0. The molecule has 0 saturated carbocycles. The molecule has 1 aromatic carbocycles. The van der Waals surface area contributed by atoms with E-state index in [0.29, 0.717) is 12.8 Å². The predicted molar refractivity (Wildman–Crippen MR) is 89.0 cm³/mol. The Hall–Kier alpha value is -1.46. The summed E-state index contributed by atoms with van der Waals surface area (Å²) in [6, 6.07) is 7.57. The monoisotopic (exact) mass is 319 g/mol. The highest BCUT2D eigenvalue weighted by molar-refractivity contribution is 7.99. The number of fused-ring (bicyclic) bond motifs is 1. The van der Waals surface area contributed by atoms with Crippen LogP contribution in [0.25, 0.3) is 11.0 Å². The molecule has 0 radical (unpaired) electrons. The largest absolute Gasteiger partial charge is 0.459 e. The van der Waals surface area contributed by atoms with Crippen molar-refractivity contribution in [2.75, 3.05) is 11.5 Å². The SMILES string of the molecule is Cc1c(C(C)NC(=O)C2(O)CCSCC2)oc2ccccc12. The number of furan rings is 1. The van der Waals surface area contributed by atoms with Gasteiger partial charge in [-0.25, -0.2) is 0 Å². The van der Waals surface area contributed by atoms with Crippen LogP contribution in [0.4, 0.5) is 0 Å². The Labute approximate surface area is 134 Å². The van der Waals surface area contributed by atoms with E-state index < -0.39 is 5.60 Å². The molecule has 3 rings (SSSR count). The Morgan fingerprint density at radius 2 is 2.05 bits per heavy atom. The molecule has 2 aromatic rings. The first-order valence-corrected chi connectivity index (χ1v) is 8.76. The first-order valence-electron chi connectivity index (χ1n) is 7.60. The van der Waals surface area contributed by atoms with Crippen LogP contribution in [0.1, 0.15) is 37.1 Å². The molecular weight excluding hydrogens is 298 g/mol. The predicted octanol–water partition coefficient (Wildman–Crippen LogP) is 3.18. The molecule has 22 heavy (non-hydrogen) atoms. The average molecular weight is 319 g/mol. The van der Waals surface area contributed by atoms with Crippen LogP contribution in [0.2, 0.25) is 0 Å². The van der Waals surface area contributed by atoms with E-state index in [2.05, 4.69) is 5.32 Å². The van der Waals surface area contributed by atoms with E-state index >= 15 is 0 Å². The van der Waals surface area contributed by atoms with E-state index in [9.17, 15) is 9.90 Å². The van der Waals surface area contributed by atoms with Gasteiger partial charge in [0.25, 0.3) is 5.91 Å². The van der Waals surface area contributed by atoms with Gasteiger partial charge in [-0.05, 0) is 44.3 Å². The summed E-state index contributed by atoms with van der Waals surface area (Å²) in [6.07, 6.45) is 1.02. The molecular formula is C17H21NO3S. The highest BCUT2D eigenvalue weighted by atomic mass is 32.2. The zero-order valence-corrected chi connectivity index (χ0v) is 13.7. The van der Waals surface area contributed by atoms with Crippen molar-refractivity contribution in [2.45, 2.75) is 38.3 Å². The van der Waals surface area contributed by atoms with E-state index in [1.807, 2.05) is 38.1 Å². The standard InChI is InChI=1S/C17H21NO3S/c1-11-13-5-3-4-6-14(13)21-15(11)12(2)18-16(19)17(20)7-9-22-10-8-17/h3-6,12,20H,7-10H2,1-2H3,(H,18,19). The molecule has 1 aliphatic heterocycles. The van der Waals surface area contributed by atoms with Gasteiger partial charge in [0.1, 0.15) is 16.9 Å². The third-order valence-corrected chi connectivity index (χ3v) is 5.35. The van der Waals surface area contributed by atoms with Gasteiger partial charge >= 0.3 is 0 Å². The zero-order chi connectivity index (χ0) is 15.7. The van der Waals surface area contributed by atoms with Gasteiger partial charge < -0.3 is 14.8 Å². The van der Waals surface area contributed by atoms with Crippen LogP contribution in [-0.2, 0) is 4.79 Å². The van der Waals surface area contributed by atoms with Crippen molar-refractivity contribution in [1.82, 2.24) is 5.32 Å².